The Morgan fingerprint density at radius 2 is 1.73 bits per heavy atom. The van der Waals surface area contributed by atoms with Crippen molar-refractivity contribution in [3.05, 3.63) is 59.7 Å². The van der Waals surface area contributed by atoms with Gasteiger partial charge in [-0.3, -0.25) is 24.4 Å². The molecule has 0 radical (unpaired) electrons. The predicted molar refractivity (Wildman–Crippen MR) is 93.2 cm³/mol. The van der Waals surface area contributed by atoms with Gasteiger partial charge in [0.2, 0.25) is 6.41 Å². The average Bonchev–Trinajstić information content (AvgIpc) is 2.72. The Bertz CT molecular complexity index is 788. The first-order valence-electron chi connectivity index (χ1n) is 8.28. The summed E-state index contributed by atoms with van der Waals surface area (Å²) in [4.78, 5) is 46.9. The molecular formula is C18H19N5O3. The van der Waals surface area contributed by atoms with Gasteiger partial charge in [0, 0.05) is 57.5 Å². The number of carbonyl (C=O) groups excluding carboxylic acids is 3. The lowest BCUT2D eigenvalue weighted by Crippen LogP contribution is -2.48. The molecule has 3 amide bonds. The van der Waals surface area contributed by atoms with Crippen molar-refractivity contribution < 1.29 is 14.4 Å². The highest BCUT2D eigenvalue weighted by atomic mass is 16.2. The summed E-state index contributed by atoms with van der Waals surface area (Å²) < 4.78 is 0. The van der Waals surface area contributed by atoms with Gasteiger partial charge in [-0.1, -0.05) is 0 Å². The van der Waals surface area contributed by atoms with E-state index in [1.807, 2.05) is 12.1 Å². The van der Waals surface area contributed by atoms with E-state index in [4.69, 9.17) is 0 Å². The number of aromatic nitrogens is 2. The van der Waals surface area contributed by atoms with E-state index in [-0.39, 0.29) is 11.8 Å². The number of nitrogens with zero attached hydrogens (tertiary/aromatic N) is 4. The van der Waals surface area contributed by atoms with Crippen LogP contribution in [0.1, 0.15) is 26.3 Å². The van der Waals surface area contributed by atoms with E-state index in [9.17, 15) is 14.4 Å². The van der Waals surface area contributed by atoms with Crippen LogP contribution < -0.4 is 5.32 Å². The number of hydrogen-bond donors (Lipinski definition) is 1. The van der Waals surface area contributed by atoms with Crippen molar-refractivity contribution in [1.82, 2.24) is 25.1 Å². The number of hydrogen-bond acceptors (Lipinski definition) is 5. The second-order valence-corrected chi connectivity index (χ2v) is 5.93. The molecule has 0 atom stereocenters. The highest BCUT2D eigenvalue weighted by molar-refractivity contribution is 5.99. The number of rotatable bonds is 5. The molecule has 1 fully saturated rings. The van der Waals surface area contributed by atoms with Crippen LogP contribution >= 0.6 is 0 Å². The van der Waals surface area contributed by atoms with E-state index < -0.39 is 0 Å². The largest absolute Gasteiger partial charge is 0.348 e. The minimum Gasteiger partial charge on any atom is -0.348 e. The Morgan fingerprint density at radius 3 is 2.42 bits per heavy atom. The van der Waals surface area contributed by atoms with Crippen LogP contribution in [0.2, 0.25) is 0 Å². The summed E-state index contributed by atoms with van der Waals surface area (Å²) in [6.45, 7) is 2.32. The van der Waals surface area contributed by atoms with Crippen molar-refractivity contribution in [2.75, 3.05) is 26.2 Å². The molecule has 0 bridgehead atoms. The molecule has 3 heterocycles. The van der Waals surface area contributed by atoms with Crippen LogP contribution in [-0.4, -0.2) is 64.2 Å². The number of pyridine rings is 2. The highest BCUT2D eigenvalue weighted by Crippen LogP contribution is 2.10. The Hall–Kier alpha value is -3.29. The summed E-state index contributed by atoms with van der Waals surface area (Å²) in [7, 11) is 0. The van der Waals surface area contributed by atoms with E-state index in [1.54, 1.807) is 28.3 Å². The molecule has 0 saturated carbocycles. The summed E-state index contributed by atoms with van der Waals surface area (Å²) in [5.41, 5.74) is 1.62. The first kappa shape index (κ1) is 17.5. The maximum absolute atomic E-state index is 12.6. The standard InChI is InChI=1S/C18H19N5O3/c24-13-22-5-7-23(8-6-22)18(26)16-9-15(11-20-12-16)17(25)21-10-14-1-3-19-4-2-14/h1-4,9,11-13H,5-8,10H2,(H,21,25). The Labute approximate surface area is 150 Å². The first-order valence-corrected chi connectivity index (χ1v) is 8.28. The molecule has 8 nitrogen and oxygen atoms in total. The fourth-order valence-corrected chi connectivity index (χ4v) is 2.68. The fourth-order valence-electron chi connectivity index (χ4n) is 2.68. The lowest BCUT2D eigenvalue weighted by atomic mass is 10.1. The van der Waals surface area contributed by atoms with Gasteiger partial charge < -0.3 is 15.1 Å². The maximum atomic E-state index is 12.6. The smallest absolute Gasteiger partial charge is 0.255 e. The highest BCUT2D eigenvalue weighted by Gasteiger charge is 2.22. The molecule has 0 spiro atoms. The monoisotopic (exact) mass is 353 g/mol. The molecule has 1 aliphatic heterocycles. The van der Waals surface area contributed by atoms with Crippen molar-refractivity contribution in [1.29, 1.82) is 0 Å². The minimum absolute atomic E-state index is 0.188. The summed E-state index contributed by atoms with van der Waals surface area (Å²) in [5.74, 6) is -0.485. The van der Waals surface area contributed by atoms with Crippen LogP contribution in [0.5, 0.6) is 0 Å². The summed E-state index contributed by atoms with van der Waals surface area (Å²) >= 11 is 0. The second-order valence-electron chi connectivity index (χ2n) is 5.93. The molecule has 2 aromatic rings. The summed E-state index contributed by atoms with van der Waals surface area (Å²) in [5, 5.41) is 2.80. The molecule has 0 unspecified atom stereocenters. The van der Waals surface area contributed by atoms with Gasteiger partial charge in [-0.2, -0.15) is 0 Å². The van der Waals surface area contributed by atoms with E-state index in [0.29, 0.717) is 43.9 Å². The lowest BCUT2D eigenvalue weighted by molar-refractivity contribution is -0.119. The SMILES string of the molecule is O=CN1CCN(C(=O)c2cncc(C(=O)NCc3ccncc3)c2)CC1. The van der Waals surface area contributed by atoms with Crippen LogP contribution in [0.25, 0.3) is 0 Å². The zero-order valence-electron chi connectivity index (χ0n) is 14.2. The molecule has 0 aliphatic carbocycles. The van der Waals surface area contributed by atoms with Gasteiger partial charge in [0.05, 0.1) is 11.1 Å². The second kappa shape index (κ2) is 8.19. The Balaban J connectivity index is 1.63. The molecule has 134 valence electrons. The average molecular weight is 353 g/mol. The first-order chi connectivity index (χ1) is 12.7. The third kappa shape index (κ3) is 4.21. The molecule has 1 saturated heterocycles. The topological polar surface area (TPSA) is 95.5 Å². The van der Waals surface area contributed by atoms with Crippen LogP contribution in [0, 0.1) is 0 Å². The molecule has 0 aromatic carbocycles. The molecule has 1 aliphatic rings. The van der Waals surface area contributed by atoms with Crippen LogP contribution in [0.15, 0.2) is 43.0 Å². The van der Waals surface area contributed by atoms with Gasteiger partial charge in [-0.25, -0.2) is 0 Å². The van der Waals surface area contributed by atoms with Crippen molar-refractivity contribution in [3.8, 4) is 0 Å². The molecule has 2 aromatic heterocycles. The maximum Gasteiger partial charge on any atom is 0.255 e. The van der Waals surface area contributed by atoms with Crippen LogP contribution in [0.3, 0.4) is 0 Å². The normalized spacial score (nSPS) is 14.0. The molecule has 26 heavy (non-hydrogen) atoms. The van der Waals surface area contributed by atoms with Gasteiger partial charge in [0.1, 0.15) is 0 Å². The Kier molecular flexibility index (Phi) is 5.52. The number of piperazine rings is 1. The van der Waals surface area contributed by atoms with Gasteiger partial charge in [0.15, 0.2) is 0 Å². The van der Waals surface area contributed by atoms with E-state index in [2.05, 4.69) is 15.3 Å². The van der Waals surface area contributed by atoms with Gasteiger partial charge in [0.25, 0.3) is 11.8 Å². The predicted octanol–water partition coefficient (Wildman–Crippen LogP) is 0.321. The van der Waals surface area contributed by atoms with Crippen molar-refractivity contribution in [2.24, 2.45) is 0 Å². The molecular weight excluding hydrogens is 334 g/mol. The third-order valence-corrected chi connectivity index (χ3v) is 4.20. The lowest BCUT2D eigenvalue weighted by Gasteiger charge is -2.32. The van der Waals surface area contributed by atoms with Gasteiger partial charge in [-0.05, 0) is 23.8 Å². The van der Waals surface area contributed by atoms with Crippen LogP contribution in [-0.2, 0) is 11.3 Å². The summed E-state index contributed by atoms with van der Waals surface area (Å²) in [6, 6.07) is 5.18. The van der Waals surface area contributed by atoms with Gasteiger partial charge >= 0.3 is 0 Å². The quantitative estimate of drug-likeness (QED) is 0.781. The van der Waals surface area contributed by atoms with E-state index in [0.717, 1.165) is 12.0 Å². The number of amides is 3. The van der Waals surface area contributed by atoms with E-state index in [1.165, 1.54) is 12.4 Å². The molecule has 3 rings (SSSR count). The zero-order valence-corrected chi connectivity index (χ0v) is 14.2. The molecule has 1 N–H and O–H groups in total. The van der Waals surface area contributed by atoms with Crippen molar-refractivity contribution >= 4 is 18.2 Å². The zero-order chi connectivity index (χ0) is 18.4. The number of nitrogens with one attached hydrogen (secondary N) is 1. The van der Waals surface area contributed by atoms with Gasteiger partial charge in [-0.15, -0.1) is 0 Å². The Morgan fingerprint density at radius 1 is 1.04 bits per heavy atom. The minimum atomic E-state index is -0.297. The van der Waals surface area contributed by atoms with Crippen LogP contribution in [0.4, 0.5) is 0 Å². The third-order valence-electron chi connectivity index (χ3n) is 4.20. The van der Waals surface area contributed by atoms with Crippen molar-refractivity contribution in [3.63, 3.8) is 0 Å². The molecule has 8 heteroatoms. The van der Waals surface area contributed by atoms with Crippen molar-refractivity contribution in [2.45, 2.75) is 6.54 Å². The fraction of sp³-hybridized carbons (Fsp3) is 0.278. The number of carbonyl (C=O) groups is 3. The summed E-state index contributed by atoms with van der Waals surface area (Å²) in [6.07, 6.45) is 6.99. The van der Waals surface area contributed by atoms with E-state index >= 15 is 0 Å².